The van der Waals surface area contributed by atoms with Gasteiger partial charge in [-0.05, 0) is 33.0 Å². The summed E-state index contributed by atoms with van der Waals surface area (Å²) in [6.45, 7) is 4.93. The van der Waals surface area contributed by atoms with E-state index < -0.39 is 0 Å². The van der Waals surface area contributed by atoms with Gasteiger partial charge in [-0.25, -0.2) is 0 Å². The maximum absolute atomic E-state index is 5.66. The minimum atomic E-state index is 0.238. The van der Waals surface area contributed by atoms with Crippen molar-refractivity contribution in [2.24, 2.45) is 0 Å². The molecule has 2 aromatic heterocycles. The molecule has 0 radical (unpaired) electrons. The van der Waals surface area contributed by atoms with Gasteiger partial charge in [0.15, 0.2) is 5.75 Å². The van der Waals surface area contributed by atoms with Crippen LogP contribution in [0.1, 0.15) is 25.6 Å². The van der Waals surface area contributed by atoms with Crippen LogP contribution in [0.5, 0.6) is 11.5 Å². The maximum Gasteiger partial charge on any atom is 0.165 e. The highest BCUT2D eigenvalue weighted by Gasteiger charge is 2.05. The Labute approximate surface area is 107 Å². The van der Waals surface area contributed by atoms with Crippen LogP contribution in [0.25, 0.3) is 0 Å². The largest absolute Gasteiger partial charge is 0.452 e. The SMILES string of the molecule is CCn1cc(Oc2ccc(C(C)NC)nc2)cn1. The summed E-state index contributed by atoms with van der Waals surface area (Å²) in [4.78, 5) is 4.36. The molecule has 96 valence electrons. The summed E-state index contributed by atoms with van der Waals surface area (Å²) in [6.07, 6.45) is 5.30. The highest BCUT2D eigenvalue weighted by molar-refractivity contribution is 5.27. The summed E-state index contributed by atoms with van der Waals surface area (Å²) in [5.41, 5.74) is 0.995. The Kier molecular flexibility index (Phi) is 3.94. The molecule has 0 aromatic carbocycles. The van der Waals surface area contributed by atoms with Gasteiger partial charge in [-0.2, -0.15) is 5.10 Å². The number of nitrogens with one attached hydrogen (secondary N) is 1. The van der Waals surface area contributed by atoms with Crippen LogP contribution in [0.15, 0.2) is 30.7 Å². The number of aryl methyl sites for hydroxylation is 1. The second-order valence-corrected chi connectivity index (χ2v) is 4.06. The molecule has 0 spiro atoms. The van der Waals surface area contributed by atoms with E-state index in [2.05, 4.69) is 22.3 Å². The lowest BCUT2D eigenvalue weighted by Crippen LogP contribution is -2.13. The molecule has 2 heterocycles. The topological polar surface area (TPSA) is 52.0 Å². The molecule has 2 aromatic rings. The molecule has 0 fully saturated rings. The summed E-state index contributed by atoms with van der Waals surface area (Å²) in [5, 5.41) is 7.30. The molecule has 2 rings (SSSR count). The monoisotopic (exact) mass is 246 g/mol. The van der Waals surface area contributed by atoms with Crippen molar-refractivity contribution >= 4 is 0 Å². The first-order valence-electron chi connectivity index (χ1n) is 6.06. The Hall–Kier alpha value is -1.88. The third kappa shape index (κ3) is 2.87. The molecule has 0 saturated heterocycles. The van der Waals surface area contributed by atoms with E-state index >= 15 is 0 Å². The van der Waals surface area contributed by atoms with Crippen LogP contribution in [0.2, 0.25) is 0 Å². The maximum atomic E-state index is 5.66. The number of hydrogen-bond donors (Lipinski definition) is 1. The Morgan fingerprint density at radius 1 is 1.33 bits per heavy atom. The van der Waals surface area contributed by atoms with Crippen LogP contribution >= 0.6 is 0 Å². The number of aromatic nitrogens is 3. The molecular weight excluding hydrogens is 228 g/mol. The molecule has 0 aliphatic carbocycles. The van der Waals surface area contributed by atoms with Gasteiger partial charge in [0.1, 0.15) is 5.75 Å². The number of rotatable bonds is 5. The van der Waals surface area contributed by atoms with Gasteiger partial charge in [0.2, 0.25) is 0 Å². The fourth-order valence-corrected chi connectivity index (χ4v) is 1.56. The van der Waals surface area contributed by atoms with E-state index in [-0.39, 0.29) is 6.04 Å². The Balaban J connectivity index is 2.06. The standard InChI is InChI=1S/C13H18N4O/c1-4-17-9-12(8-16-17)18-11-5-6-13(15-7-11)10(2)14-3/h5-10,14H,4H2,1-3H3. The first-order valence-corrected chi connectivity index (χ1v) is 6.06. The van der Waals surface area contributed by atoms with E-state index in [1.807, 2.05) is 37.0 Å². The Morgan fingerprint density at radius 2 is 2.17 bits per heavy atom. The third-order valence-electron chi connectivity index (χ3n) is 2.81. The number of pyridine rings is 1. The molecule has 0 amide bonds. The normalized spacial score (nSPS) is 12.4. The minimum Gasteiger partial charge on any atom is -0.452 e. The first-order chi connectivity index (χ1) is 8.72. The zero-order valence-electron chi connectivity index (χ0n) is 10.9. The Morgan fingerprint density at radius 3 is 2.72 bits per heavy atom. The predicted molar refractivity (Wildman–Crippen MR) is 69.7 cm³/mol. The van der Waals surface area contributed by atoms with E-state index in [9.17, 15) is 0 Å². The lowest BCUT2D eigenvalue weighted by molar-refractivity contribution is 0.477. The molecule has 18 heavy (non-hydrogen) atoms. The summed E-state index contributed by atoms with van der Waals surface area (Å²) in [7, 11) is 1.91. The molecular formula is C13H18N4O. The van der Waals surface area contributed by atoms with E-state index in [0.717, 1.165) is 23.7 Å². The van der Waals surface area contributed by atoms with Crippen molar-refractivity contribution in [2.75, 3.05) is 7.05 Å². The predicted octanol–water partition coefficient (Wildman–Crippen LogP) is 2.37. The van der Waals surface area contributed by atoms with Crippen molar-refractivity contribution < 1.29 is 4.74 Å². The van der Waals surface area contributed by atoms with Gasteiger partial charge in [-0.15, -0.1) is 0 Å². The minimum absolute atomic E-state index is 0.238. The third-order valence-corrected chi connectivity index (χ3v) is 2.81. The van der Waals surface area contributed by atoms with Crippen LogP contribution in [0.4, 0.5) is 0 Å². The zero-order chi connectivity index (χ0) is 13.0. The second kappa shape index (κ2) is 5.64. The fourth-order valence-electron chi connectivity index (χ4n) is 1.56. The quantitative estimate of drug-likeness (QED) is 0.880. The lowest BCUT2D eigenvalue weighted by atomic mass is 10.2. The average molecular weight is 246 g/mol. The van der Waals surface area contributed by atoms with Crippen molar-refractivity contribution in [2.45, 2.75) is 26.4 Å². The van der Waals surface area contributed by atoms with Crippen molar-refractivity contribution in [3.63, 3.8) is 0 Å². The molecule has 1 N–H and O–H groups in total. The lowest BCUT2D eigenvalue weighted by Gasteiger charge is -2.09. The summed E-state index contributed by atoms with van der Waals surface area (Å²) >= 11 is 0. The zero-order valence-corrected chi connectivity index (χ0v) is 10.9. The van der Waals surface area contributed by atoms with Crippen LogP contribution < -0.4 is 10.1 Å². The Bertz CT molecular complexity index is 492. The van der Waals surface area contributed by atoms with Gasteiger partial charge < -0.3 is 10.1 Å². The molecule has 0 bridgehead atoms. The van der Waals surface area contributed by atoms with Crippen molar-refractivity contribution in [3.8, 4) is 11.5 Å². The van der Waals surface area contributed by atoms with E-state index in [1.54, 1.807) is 12.4 Å². The van der Waals surface area contributed by atoms with Gasteiger partial charge in [-0.3, -0.25) is 9.67 Å². The van der Waals surface area contributed by atoms with E-state index in [4.69, 9.17) is 4.74 Å². The van der Waals surface area contributed by atoms with Crippen molar-refractivity contribution in [1.82, 2.24) is 20.1 Å². The summed E-state index contributed by atoms with van der Waals surface area (Å²) in [6, 6.07) is 4.11. The molecule has 5 nitrogen and oxygen atoms in total. The summed E-state index contributed by atoms with van der Waals surface area (Å²) in [5.74, 6) is 1.45. The molecule has 0 saturated carbocycles. The molecule has 5 heteroatoms. The molecule has 0 aliphatic rings. The molecule has 1 unspecified atom stereocenters. The highest BCUT2D eigenvalue weighted by Crippen LogP contribution is 2.21. The molecule has 1 atom stereocenters. The van der Waals surface area contributed by atoms with Gasteiger partial charge in [0, 0.05) is 12.6 Å². The fraction of sp³-hybridized carbons (Fsp3) is 0.385. The van der Waals surface area contributed by atoms with E-state index in [0.29, 0.717) is 0 Å². The van der Waals surface area contributed by atoms with Gasteiger partial charge in [0.05, 0.1) is 24.3 Å². The first kappa shape index (κ1) is 12.6. The number of hydrogen-bond acceptors (Lipinski definition) is 4. The van der Waals surface area contributed by atoms with Crippen LogP contribution in [0.3, 0.4) is 0 Å². The van der Waals surface area contributed by atoms with Gasteiger partial charge >= 0.3 is 0 Å². The summed E-state index contributed by atoms with van der Waals surface area (Å²) < 4.78 is 7.48. The van der Waals surface area contributed by atoms with Gasteiger partial charge in [-0.1, -0.05) is 0 Å². The van der Waals surface area contributed by atoms with Crippen molar-refractivity contribution in [1.29, 1.82) is 0 Å². The second-order valence-electron chi connectivity index (χ2n) is 4.06. The van der Waals surface area contributed by atoms with Gasteiger partial charge in [0.25, 0.3) is 0 Å². The highest BCUT2D eigenvalue weighted by atomic mass is 16.5. The molecule has 0 aliphatic heterocycles. The average Bonchev–Trinajstić information content (AvgIpc) is 2.86. The van der Waals surface area contributed by atoms with E-state index in [1.165, 1.54) is 0 Å². The number of nitrogens with zero attached hydrogens (tertiary/aromatic N) is 3. The van der Waals surface area contributed by atoms with Crippen LogP contribution in [0, 0.1) is 0 Å². The number of ether oxygens (including phenoxy) is 1. The van der Waals surface area contributed by atoms with Crippen LogP contribution in [-0.4, -0.2) is 21.8 Å². The van der Waals surface area contributed by atoms with Crippen LogP contribution in [-0.2, 0) is 6.54 Å². The smallest absolute Gasteiger partial charge is 0.165 e. The van der Waals surface area contributed by atoms with Crippen molar-refractivity contribution in [3.05, 3.63) is 36.4 Å².